The molecule has 0 unspecified atom stereocenters. The van der Waals surface area contributed by atoms with E-state index in [-0.39, 0.29) is 22.8 Å². The summed E-state index contributed by atoms with van der Waals surface area (Å²) in [5.74, 6) is -2.62. The molecule has 3 amide bonds. The molecule has 2 N–H and O–H groups in total. The number of hydrogen-bond donors (Lipinski definition) is 2. The van der Waals surface area contributed by atoms with E-state index in [1.54, 1.807) is 4.90 Å². The molecule has 0 radical (unpaired) electrons. The number of hydrogen-bond acceptors (Lipinski definition) is 5. The molecule has 4 rings (SSSR count). The zero-order chi connectivity index (χ0) is 22.5. The third-order valence-electron chi connectivity index (χ3n) is 5.14. The molecule has 0 saturated carbocycles. The maximum absolute atomic E-state index is 13.3. The van der Waals surface area contributed by atoms with E-state index in [4.69, 9.17) is 0 Å². The first-order valence-electron chi connectivity index (χ1n) is 10.2. The number of anilines is 1. The standard InChI is InChI=1S/C22H21F2N5O2S/c23-16-9-8-15(13-17(16)24)26-19(30)21-28-27-20(32-21)18-7-4-12-29(18)22(31)25-11-10-14-5-2-1-3-6-14/h1-3,5-6,8-9,13,18H,4,7,10-12H2,(H,25,31)(H,26,30)/t18-/m0/s1. The van der Waals surface area contributed by atoms with E-state index in [9.17, 15) is 18.4 Å². The average Bonchev–Trinajstić information content (AvgIpc) is 3.46. The van der Waals surface area contributed by atoms with Crippen LogP contribution < -0.4 is 10.6 Å². The molecule has 3 aromatic rings. The van der Waals surface area contributed by atoms with E-state index < -0.39 is 17.5 Å². The number of nitrogens with zero attached hydrogens (tertiary/aromatic N) is 3. The average molecular weight is 458 g/mol. The topological polar surface area (TPSA) is 87.2 Å². The number of likely N-dealkylation sites (tertiary alicyclic amines) is 1. The molecule has 166 valence electrons. The fourth-order valence-electron chi connectivity index (χ4n) is 3.55. The van der Waals surface area contributed by atoms with Crippen LogP contribution >= 0.6 is 11.3 Å². The van der Waals surface area contributed by atoms with Gasteiger partial charge < -0.3 is 15.5 Å². The van der Waals surface area contributed by atoms with E-state index in [2.05, 4.69) is 20.8 Å². The van der Waals surface area contributed by atoms with Crippen LogP contribution in [0.15, 0.2) is 48.5 Å². The molecule has 1 aromatic heterocycles. The summed E-state index contributed by atoms with van der Waals surface area (Å²) in [5, 5.41) is 14.1. The highest BCUT2D eigenvalue weighted by molar-refractivity contribution is 7.13. The molecule has 1 fully saturated rings. The Balaban J connectivity index is 1.36. The summed E-state index contributed by atoms with van der Waals surface area (Å²) in [6.45, 7) is 1.11. The molecule has 1 saturated heterocycles. The van der Waals surface area contributed by atoms with Gasteiger partial charge >= 0.3 is 6.03 Å². The first-order valence-corrected chi connectivity index (χ1v) is 11.0. The second kappa shape index (κ2) is 9.82. The van der Waals surface area contributed by atoms with Gasteiger partial charge in [0.25, 0.3) is 5.91 Å². The lowest BCUT2D eigenvalue weighted by Crippen LogP contribution is -2.40. The quantitative estimate of drug-likeness (QED) is 0.582. The van der Waals surface area contributed by atoms with Gasteiger partial charge in [0.2, 0.25) is 5.01 Å². The number of urea groups is 1. The molecule has 2 heterocycles. The van der Waals surface area contributed by atoms with Crippen LogP contribution in [0.5, 0.6) is 0 Å². The van der Waals surface area contributed by atoms with Crippen molar-refractivity contribution >= 4 is 29.0 Å². The van der Waals surface area contributed by atoms with Gasteiger partial charge in [-0.25, -0.2) is 13.6 Å². The summed E-state index contributed by atoms with van der Waals surface area (Å²) in [5.41, 5.74) is 1.26. The van der Waals surface area contributed by atoms with Gasteiger partial charge in [-0.2, -0.15) is 0 Å². The number of aromatic nitrogens is 2. The van der Waals surface area contributed by atoms with Crippen molar-refractivity contribution in [3.05, 3.63) is 75.7 Å². The van der Waals surface area contributed by atoms with Gasteiger partial charge in [-0.1, -0.05) is 41.7 Å². The molecule has 1 aliphatic rings. The Morgan fingerprint density at radius 1 is 1.09 bits per heavy atom. The van der Waals surface area contributed by atoms with Gasteiger partial charge in [-0.15, -0.1) is 10.2 Å². The minimum atomic E-state index is -1.05. The van der Waals surface area contributed by atoms with Crippen LogP contribution in [0.4, 0.5) is 19.3 Å². The van der Waals surface area contributed by atoms with Crippen LogP contribution in [0, 0.1) is 11.6 Å². The molecule has 1 aliphatic heterocycles. The maximum atomic E-state index is 13.3. The van der Waals surface area contributed by atoms with E-state index in [0.717, 1.165) is 48.3 Å². The number of rotatable bonds is 6. The van der Waals surface area contributed by atoms with Gasteiger partial charge in [-0.3, -0.25) is 4.79 Å². The molecule has 0 aliphatic carbocycles. The maximum Gasteiger partial charge on any atom is 0.318 e. The van der Waals surface area contributed by atoms with Crippen LogP contribution in [0.2, 0.25) is 0 Å². The zero-order valence-electron chi connectivity index (χ0n) is 17.1. The Morgan fingerprint density at radius 3 is 2.69 bits per heavy atom. The highest BCUT2D eigenvalue weighted by Gasteiger charge is 2.33. The molecule has 2 aromatic carbocycles. The summed E-state index contributed by atoms with van der Waals surface area (Å²) >= 11 is 1.08. The summed E-state index contributed by atoms with van der Waals surface area (Å²) < 4.78 is 26.4. The highest BCUT2D eigenvalue weighted by atomic mass is 32.1. The molecule has 0 bridgehead atoms. The largest absolute Gasteiger partial charge is 0.338 e. The van der Waals surface area contributed by atoms with Gasteiger partial charge in [0.15, 0.2) is 11.6 Å². The van der Waals surface area contributed by atoms with E-state index in [1.807, 2.05) is 30.3 Å². The molecule has 7 nitrogen and oxygen atoms in total. The van der Waals surface area contributed by atoms with Crippen LogP contribution in [-0.4, -0.2) is 40.1 Å². The van der Waals surface area contributed by atoms with E-state index >= 15 is 0 Å². The molecule has 1 atom stereocenters. The van der Waals surface area contributed by atoms with Crippen molar-refractivity contribution in [3.8, 4) is 0 Å². The van der Waals surface area contributed by atoms with Gasteiger partial charge in [0.1, 0.15) is 5.01 Å². The van der Waals surface area contributed by atoms with Crippen LogP contribution in [0.1, 0.15) is 39.3 Å². The third kappa shape index (κ3) is 5.08. The summed E-state index contributed by atoms with van der Waals surface area (Å²) in [6.07, 6.45) is 2.29. The van der Waals surface area contributed by atoms with Crippen molar-refractivity contribution in [2.75, 3.05) is 18.4 Å². The van der Waals surface area contributed by atoms with Gasteiger partial charge in [-0.05, 0) is 37.0 Å². The van der Waals surface area contributed by atoms with Crippen molar-refractivity contribution in [3.63, 3.8) is 0 Å². The lowest BCUT2D eigenvalue weighted by molar-refractivity contribution is 0.102. The Bertz CT molecular complexity index is 1110. The summed E-state index contributed by atoms with van der Waals surface area (Å²) in [6, 6.07) is 12.6. The molecule has 0 spiro atoms. The number of amides is 3. The van der Waals surface area contributed by atoms with Crippen molar-refractivity contribution in [1.82, 2.24) is 20.4 Å². The first-order chi connectivity index (χ1) is 15.5. The number of carbonyl (C=O) groups excluding carboxylic acids is 2. The van der Waals surface area contributed by atoms with Gasteiger partial charge in [0, 0.05) is 24.8 Å². The fourth-order valence-corrected chi connectivity index (χ4v) is 4.43. The molecular formula is C22H21F2N5O2S. The predicted octanol–water partition coefficient (Wildman–Crippen LogP) is 4.16. The molecule has 10 heteroatoms. The highest BCUT2D eigenvalue weighted by Crippen LogP contribution is 2.33. The van der Waals surface area contributed by atoms with Crippen molar-refractivity contribution in [2.45, 2.75) is 25.3 Å². The Morgan fingerprint density at radius 2 is 1.91 bits per heavy atom. The lowest BCUT2D eigenvalue weighted by atomic mass is 10.1. The van der Waals surface area contributed by atoms with Crippen LogP contribution in [0.25, 0.3) is 0 Å². The minimum Gasteiger partial charge on any atom is -0.338 e. The zero-order valence-corrected chi connectivity index (χ0v) is 17.9. The minimum absolute atomic E-state index is 0.0843. The second-order valence-corrected chi connectivity index (χ2v) is 8.36. The predicted molar refractivity (Wildman–Crippen MR) is 116 cm³/mol. The Labute approximate surface area is 187 Å². The Hall–Kier alpha value is -3.40. The Kier molecular flexibility index (Phi) is 6.69. The van der Waals surface area contributed by atoms with E-state index in [1.165, 1.54) is 6.07 Å². The van der Waals surface area contributed by atoms with Crippen molar-refractivity contribution in [2.24, 2.45) is 0 Å². The monoisotopic (exact) mass is 457 g/mol. The molecular weight excluding hydrogens is 436 g/mol. The summed E-state index contributed by atoms with van der Waals surface area (Å²) in [7, 11) is 0. The number of carbonyl (C=O) groups is 2. The lowest BCUT2D eigenvalue weighted by Gasteiger charge is -2.23. The second-order valence-electron chi connectivity index (χ2n) is 7.35. The number of nitrogens with one attached hydrogen (secondary N) is 2. The number of benzene rings is 2. The third-order valence-corrected chi connectivity index (χ3v) is 6.17. The van der Waals surface area contributed by atoms with Crippen molar-refractivity contribution in [1.29, 1.82) is 0 Å². The SMILES string of the molecule is O=C(Nc1ccc(F)c(F)c1)c1nnc([C@@H]2CCCN2C(=O)NCCc2ccccc2)s1. The van der Waals surface area contributed by atoms with Gasteiger partial charge in [0.05, 0.1) is 6.04 Å². The summed E-state index contributed by atoms with van der Waals surface area (Å²) in [4.78, 5) is 26.8. The fraction of sp³-hybridized carbons (Fsp3) is 0.273. The number of halogens is 2. The smallest absolute Gasteiger partial charge is 0.318 e. The van der Waals surface area contributed by atoms with Crippen LogP contribution in [-0.2, 0) is 6.42 Å². The molecule has 32 heavy (non-hydrogen) atoms. The normalized spacial score (nSPS) is 15.6. The van der Waals surface area contributed by atoms with Crippen LogP contribution in [0.3, 0.4) is 0 Å². The van der Waals surface area contributed by atoms with E-state index in [0.29, 0.717) is 18.1 Å². The first kappa shape index (κ1) is 21.8. The van der Waals surface area contributed by atoms with Crippen molar-refractivity contribution < 1.29 is 18.4 Å².